The molecule has 0 bridgehead atoms. The van der Waals surface area contributed by atoms with E-state index in [0.717, 1.165) is 11.1 Å². The molecule has 0 aliphatic heterocycles. The highest BCUT2D eigenvalue weighted by atomic mass is 19.1. The molecule has 0 spiro atoms. The van der Waals surface area contributed by atoms with E-state index in [-0.39, 0.29) is 23.8 Å². The van der Waals surface area contributed by atoms with Gasteiger partial charge in [-0.15, -0.1) is 0 Å². The molecule has 0 saturated carbocycles. The zero-order valence-corrected chi connectivity index (χ0v) is 17.0. The molecule has 0 aliphatic rings. The van der Waals surface area contributed by atoms with Gasteiger partial charge in [0.05, 0.1) is 23.8 Å². The molecule has 2 aromatic heterocycles. The number of benzene rings is 3. The minimum atomic E-state index is -0.351. The van der Waals surface area contributed by atoms with Crippen molar-refractivity contribution in [3.05, 3.63) is 118 Å². The van der Waals surface area contributed by atoms with Gasteiger partial charge in [0.2, 0.25) is 0 Å². The Hall–Kier alpha value is -4.26. The smallest absolute Gasteiger partial charge is 0.277 e. The Kier molecular flexibility index (Phi) is 4.99. The Labute approximate surface area is 182 Å². The monoisotopic (exact) mass is 426 g/mol. The van der Waals surface area contributed by atoms with Gasteiger partial charge in [-0.25, -0.2) is 8.91 Å². The van der Waals surface area contributed by atoms with Crippen LogP contribution in [0.2, 0.25) is 0 Å². The lowest BCUT2D eigenvalue weighted by atomic mass is 10.1. The van der Waals surface area contributed by atoms with Crippen LogP contribution in [-0.2, 0) is 13.1 Å². The highest BCUT2D eigenvalue weighted by Crippen LogP contribution is 2.18. The molecule has 6 nitrogen and oxygen atoms in total. The van der Waals surface area contributed by atoms with E-state index in [1.165, 1.54) is 12.1 Å². The first kappa shape index (κ1) is 19.7. The molecule has 5 rings (SSSR count). The van der Waals surface area contributed by atoms with Crippen molar-refractivity contribution in [1.82, 2.24) is 19.5 Å². The lowest BCUT2D eigenvalue weighted by Gasteiger charge is -2.13. The Balaban J connectivity index is 1.55. The maximum absolute atomic E-state index is 13.4. The normalized spacial score (nSPS) is 11.2. The largest absolute Gasteiger partial charge is 0.348 e. The highest BCUT2D eigenvalue weighted by molar-refractivity contribution is 5.97. The molecular weight excluding hydrogens is 407 g/mol. The number of carbonyl (C=O) groups is 1. The predicted octanol–water partition coefficient (Wildman–Crippen LogP) is 3.77. The van der Waals surface area contributed by atoms with E-state index < -0.39 is 0 Å². The predicted molar refractivity (Wildman–Crippen MR) is 120 cm³/mol. The van der Waals surface area contributed by atoms with Gasteiger partial charge in [-0.05, 0) is 47.5 Å². The molecule has 0 radical (unpaired) electrons. The number of amides is 1. The summed E-state index contributed by atoms with van der Waals surface area (Å²) in [5.74, 6) is -0.661. The van der Waals surface area contributed by atoms with Crippen LogP contribution in [0.1, 0.15) is 21.5 Å². The van der Waals surface area contributed by atoms with Crippen LogP contribution >= 0.6 is 0 Å². The van der Waals surface area contributed by atoms with Gasteiger partial charge in [-0.1, -0.05) is 42.5 Å². The third-order valence-corrected chi connectivity index (χ3v) is 5.39. The van der Waals surface area contributed by atoms with Crippen molar-refractivity contribution in [1.29, 1.82) is 0 Å². The fourth-order valence-corrected chi connectivity index (χ4v) is 3.82. The number of nitrogens with one attached hydrogen (secondary N) is 1. The first-order valence-electron chi connectivity index (χ1n) is 10.2. The van der Waals surface area contributed by atoms with E-state index in [9.17, 15) is 14.0 Å². The van der Waals surface area contributed by atoms with Crippen LogP contribution in [0.4, 0.5) is 4.39 Å². The van der Waals surface area contributed by atoms with E-state index in [2.05, 4.69) is 10.4 Å². The Morgan fingerprint density at radius 2 is 1.69 bits per heavy atom. The summed E-state index contributed by atoms with van der Waals surface area (Å²) in [5, 5.41) is 7.09. The third-order valence-electron chi connectivity index (χ3n) is 5.39. The zero-order chi connectivity index (χ0) is 22.1. The highest BCUT2D eigenvalue weighted by Gasteiger charge is 2.15. The van der Waals surface area contributed by atoms with Crippen LogP contribution < -0.4 is 10.9 Å². The molecule has 2 heterocycles. The summed E-state index contributed by atoms with van der Waals surface area (Å²) in [6, 6.07) is 22.6. The lowest BCUT2D eigenvalue weighted by molar-refractivity contribution is 0.0951. The van der Waals surface area contributed by atoms with E-state index in [0.29, 0.717) is 28.7 Å². The second-order valence-corrected chi connectivity index (χ2v) is 7.52. The number of nitrogens with zero attached hydrogens (tertiary/aromatic N) is 3. The van der Waals surface area contributed by atoms with Gasteiger partial charge in [0.25, 0.3) is 11.5 Å². The van der Waals surface area contributed by atoms with Crippen molar-refractivity contribution in [3.63, 3.8) is 0 Å². The number of aromatic nitrogens is 3. The van der Waals surface area contributed by atoms with Crippen LogP contribution in [0.15, 0.2) is 89.9 Å². The van der Waals surface area contributed by atoms with Crippen LogP contribution in [0.5, 0.6) is 0 Å². The molecule has 158 valence electrons. The average Bonchev–Trinajstić information content (AvgIpc) is 3.31. The van der Waals surface area contributed by atoms with Gasteiger partial charge in [-0.2, -0.15) is 5.10 Å². The van der Waals surface area contributed by atoms with Gasteiger partial charge in [0.15, 0.2) is 0 Å². The molecule has 0 saturated heterocycles. The molecule has 0 unspecified atom stereocenters. The van der Waals surface area contributed by atoms with Gasteiger partial charge in [0, 0.05) is 12.1 Å². The maximum atomic E-state index is 13.4. The first-order valence-corrected chi connectivity index (χ1v) is 10.2. The lowest BCUT2D eigenvalue weighted by Crippen LogP contribution is -2.25. The van der Waals surface area contributed by atoms with Crippen molar-refractivity contribution in [2.75, 3.05) is 0 Å². The maximum Gasteiger partial charge on any atom is 0.277 e. The molecule has 7 heteroatoms. The molecule has 32 heavy (non-hydrogen) atoms. The molecule has 0 fully saturated rings. The van der Waals surface area contributed by atoms with Crippen molar-refractivity contribution >= 4 is 22.5 Å². The molecular formula is C25H19FN4O2. The molecule has 0 aliphatic carbocycles. The molecule has 1 amide bonds. The molecule has 5 aromatic rings. The quantitative estimate of drug-likeness (QED) is 0.465. The van der Waals surface area contributed by atoms with Gasteiger partial charge < -0.3 is 9.88 Å². The van der Waals surface area contributed by atoms with Crippen molar-refractivity contribution in [2.24, 2.45) is 0 Å². The van der Waals surface area contributed by atoms with E-state index in [4.69, 9.17) is 0 Å². The molecule has 1 N–H and O–H groups in total. The topological polar surface area (TPSA) is 68.4 Å². The first-order chi connectivity index (χ1) is 15.6. The number of carbonyl (C=O) groups excluding carboxylic acids is 1. The van der Waals surface area contributed by atoms with Gasteiger partial charge in [-0.3, -0.25) is 9.59 Å². The van der Waals surface area contributed by atoms with Crippen LogP contribution in [0, 0.1) is 5.82 Å². The van der Waals surface area contributed by atoms with Gasteiger partial charge in [0.1, 0.15) is 11.3 Å². The van der Waals surface area contributed by atoms with E-state index in [1.54, 1.807) is 51.7 Å². The zero-order valence-electron chi connectivity index (χ0n) is 17.0. The number of hydrogen-bond donors (Lipinski definition) is 1. The fourth-order valence-electron chi connectivity index (χ4n) is 3.82. The Morgan fingerprint density at radius 1 is 0.875 bits per heavy atom. The average molecular weight is 426 g/mol. The molecule has 0 atom stereocenters. The second-order valence-electron chi connectivity index (χ2n) is 7.52. The summed E-state index contributed by atoms with van der Waals surface area (Å²) in [4.78, 5) is 26.0. The van der Waals surface area contributed by atoms with Gasteiger partial charge >= 0.3 is 0 Å². The minimum absolute atomic E-state index is 0.184. The van der Waals surface area contributed by atoms with Crippen LogP contribution in [-0.4, -0.2) is 20.1 Å². The van der Waals surface area contributed by atoms with Crippen molar-refractivity contribution in [3.8, 4) is 0 Å². The summed E-state index contributed by atoms with van der Waals surface area (Å²) >= 11 is 0. The van der Waals surface area contributed by atoms with Crippen LogP contribution in [0.25, 0.3) is 16.6 Å². The van der Waals surface area contributed by atoms with E-state index in [1.807, 2.05) is 30.3 Å². The van der Waals surface area contributed by atoms with E-state index >= 15 is 0 Å². The van der Waals surface area contributed by atoms with Crippen LogP contribution in [0.3, 0.4) is 0 Å². The second kappa shape index (κ2) is 8.11. The summed E-state index contributed by atoms with van der Waals surface area (Å²) in [6.07, 6.45) is 1.59. The van der Waals surface area contributed by atoms with Crippen molar-refractivity contribution < 1.29 is 9.18 Å². The Bertz CT molecular complexity index is 1510. The SMILES string of the molecule is O=C(NCc1cccc(F)c1)c1ccc2c(c1)n(Cc1ccccc1)c(=O)c1ccnn12. The summed E-state index contributed by atoms with van der Waals surface area (Å²) in [5.41, 5.74) is 3.66. The Morgan fingerprint density at radius 3 is 2.50 bits per heavy atom. The summed E-state index contributed by atoms with van der Waals surface area (Å²) in [6.45, 7) is 0.565. The molecule has 3 aromatic carbocycles. The minimum Gasteiger partial charge on any atom is -0.348 e. The third kappa shape index (κ3) is 3.65. The fraction of sp³-hybridized carbons (Fsp3) is 0.0800. The van der Waals surface area contributed by atoms with Crippen molar-refractivity contribution in [2.45, 2.75) is 13.1 Å². The standard InChI is InChI=1S/C25H19FN4O2/c26-20-8-4-7-18(13-20)15-27-24(31)19-9-10-21-23(14-19)29(16-17-5-2-1-3-6-17)25(32)22-11-12-28-30(21)22/h1-14H,15-16H2,(H,27,31). The number of hydrogen-bond acceptors (Lipinski definition) is 3. The summed E-state index contributed by atoms with van der Waals surface area (Å²) in [7, 11) is 0. The number of halogens is 1. The summed E-state index contributed by atoms with van der Waals surface area (Å²) < 4.78 is 16.6. The number of rotatable bonds is 5. The number of fused-ring (bicyclic) bond motifs is 3.